The lowest BCUT2D eigenvalue weighted by molar-refractivity contribution is -0.137. The molecule has 1 aromatic carbocycles. The molecule has 2 unspecified atom stereocenters. The summed E-state index contributed by atoms with van der Waals surface area (Å²) < 4.78 is 13.7. The highest BCUT2D eigenvalue weighted by molar-refractivity contribution is 8.00. The number of fused-ring (bicyclic) bond motifs is 1. The van der Waals surface area contributed by atoms with Gasteiger partial charge in [-0.05, 0) is 46.9 Å². The summed E-state index contributed by atoms with van der Waals surface area (Å²) in [4.78, 5) is 25.1. The van der Waals surface area contributed by atoms with Crippen LogP contribution in [0.1, 0.15) is 33.7 Å². The number of aryl methyl sites for hydroxylation is 1. The van der Waals surface area contributed by atoms with Crippen LogP contribution in [0.4, 0.5) is 4.39 Å². The van der Waals surface area contributed by atoms with Crippen LogP contribution in [0.15, 0.2) is 29.6 Å². The zero-order chi connectivity index (χ0) is 18.0. The lowest BCUT2D eigenvalue weighted by atomic mass is 10.0. The Labute approximate surface area is 157 Å². The first-order valence-corrected chi connectivity index (χ1v) is 9.91. The van der Waals surface area contributed by atoms with E-state index in [-0.39, 0.29) is 22.6 Å². The number of hydrogen-bond donors (Lipinski definition) is 2. The maximum atomic E-state index is 13.7. The highest BCUT2D eigenvalue weighted by atomic mass is 35.5. The van der Waals surface area contributed by atoms with Crippen LogP contribution in [0.5, 0.6) is 0 Å². The monoisotopic (exact) mass is 399 g/mol. The predicted molar refractivity (Wildman–Crippen MR) is 97.8 cm³/mol. The third kappa shape index (κ3) is 4.16. The van der Waals surface area contributed by atoms with Crippen molar-refractivity contribution in [2.24, 2.45) is 0 Å². The Morgan fingerprint density at radius 2 is 2.20 bits per heavy atom. The number of halogens is 2. The van der Waals surface area contributed by atoms with Gasteiger partial charge in [-0.25, -0.2) is 4.39 Å². The molecule has 132 valence electrons. The molecule has 3 rings (SSSR count). The number of carbonyl (C=O) groups is 2. The maximum absolute atomic E-state index is 13.7. The number of thioether (sulfide) groups is 1. The number of hydrogen-bond acceptors (Lipinski definition) is 4. The van der Waals surface area contributed by atoms with Crippen LogP contribution < -0.4 is 5.32 Å². The normalized spacial score (nSPS) is 17.6. The lowest BCUT2D eigenvalue weighted by Crippen LogP contribution is -2.34. The summed E-state index contributed by atoms with van der Waals surface area (Å²) >= 11 is 8.84. The van der Waals surface area contributed by atoms with Crippen LogP contribution in [0.2, 0.25) is 5.02 Å². The minimum atomic E-state index is -1.08. The largest absolute Gasteiger partial charge is 0.481 e. The van der Waals surface area contributed by atoms with E-state index in [9.17, 15) is 14.0 Å². The Kier molecular flexibility index (Phi) is 5.66. The lowest BCUT2D eigenvalue weighted by Gasteiger charge is -2.25. The first-order chi connectivity index (χ1) is 12.0. The number of nitrogens with one attached hydrogen (secondary N) is 1. The van der Waals surface area contributed by atoms with Gasteiger partial charge in [0, 0.05) is 4.88 Å². The van der Waals surface area contributed by atoms with Gasteiger partial charge in [-0.3, -0.25) is 9.59 Å². The number of aliphatic carboxylic acids is 1. The highest BCUT2D eigenvalue weighted by Gasteiger charge is 2.30. The molecule has 1 amide bonds. The number of carbonyl (C=O) groups excluding carboxylic acids is 1. The average Bonchev–Trinajstić information content (AvgIpc) is 3.04. The molecule has 0 saturated heterocycles. The molecular weight excluding hydrogens is 385 g/mol. The summed E-state index contributed by atoms with van der Waals surface area (Å²) in [6.07, 6.45) is 0.600. The second-order valence-corrected chi connectivity index (χ2v) is 8.25. The fraction of sp³-hybridized carbons (Fsp3) is 0.294. The first-order valence-electron chi connectivity index (χ1n) is 7.60. The second-order valence-electron chi connectivity index (χ2n) is 5.63. The molecule has 1 aliphatic heterocycles. The van der Waals surface area contributed by atoms with E-state index in [0.717, 1.165) is 17.7 Å². The van der Waals surface area contributed by atoms with Crippen molar-refractivity contribution < 1.29 is 19.1 Å². The standard InChI is InChI=1S/C17H15ClFNO3S2/c18-11-2-1-9(7-12(11)19)13(8-15(21)22)20-17(23)16-10-3-5-24-14(10)4-6-25-16/h1-3,5,7,13,16H,4,6,8H2,(H,20,23)(H,21,22). The van der Waals surface area contributed by atoms with Crippen molar-refractivity contribution in [1.29, 1.82) is 0 Å². The smallest absolute Gasteiger partial charge is 0.305 e. The van der Waals surface area contributed by atoms with Crippen LogP contribution >= 0.6 is 34.7 Å². The Morgan fingerprint density at radius 3 is 2.92 bits per heavy atom. The third-order valence-corrected chi connectivity index (χ3v) is 6.50. The summed E-state index contributed by atoms with van der Waals surface area (Å²) in [5.74, 6) is -1.14. The van der Waals surface area contributed by atoms with Gasteiger partial charge >= 0.3 is 5.97 Å². The van der Waals surface area contributed by atoms with Crippen molar-refractivity contribution in [3.63, 3.8) is 0 Å². The molecule has 0 saturated carbocycles. The SMILES string of the molecule is O=C(O)CC(NC(=O)C1SCCc2sccc21)c1ccc(Cl)c(F)c1. The molecule has 0 radical (unpaired) electrons. The Hall–Kier alpha value is -1.57. The molecule has 2 N–H and O–H groups in total. The molecular formula is C17H15ClFNO3S2. The van der Waals surface area contributed by atoms with Crippen LogP contribution in [0.25, 0.3) is 0 Å². The number of benzene rings is 1. The molecule has 8 heteroatoms. The van der Waals surface area contributed by atoms with Crippen LogP contribution in [-0.4, -0.2) is 22.7 Å². The van der Waals surface area contributed by atoms with Gasteiger partial charge in [-0.2, -0.15) is 0 Å². The van der Waals surface area contributed by atoms with Crippen molar-refractivity contribution in [1.82, 2.24) is 5.32 Å². The van der Waals surface area contributed by atoms with Crippen molar-refractivity contribution in [2.75, 3.05) is 5.75 Å². The van der Waals surface area contributed by atoms with E-state index in [1.807, 2.05) is 11.4 Å². The van der Waals surface area contributed by atoms with Gasteiger partial charge in [0.15, 0.2) is 0 Å². The molecule has 2 aromatic rings. The van der Waals surface area contributed by atoms with E-state index < -0.39 is 17.8 Å². The summed E-state index contributed by atoms with van der Waals surface area (Å²) in [5, 5.41) is 13.4. The first kappa shape index (κ1) is 18.2. The van der Waals surface area contributed by atoms with Crippen LogP contribution in [0.3, 0.4) is 0 Å². The number of carboxylic acids is 1. The number of carboxylic acid groups (broad SMARTS) is 1. The van der Waals surface area contributed by atoms with E-state index in [2.05, 4.69) is 5.32 Å². The Morgan fingerprint density at radius 1 is 1.40 bits per heavy atom. The van der Waals surface area contributed by atoms with E-state index in [1.54, 1.807) is 11.3 Å². The van der Waals surface area contributed by atoms with Crippen molar-refractivity contribution in [2.45, 2.75) is 24.1 Å². The van der Waals surface area contributed by atoms with Crippen molar-refractivity contribution >= 4 is 46.6 Å². The zero-order valence-electron chi connectivity index (χ0n) is 13.0. The number of amides is 1. The molecule has 0 bridgehead atoms. The van der Waals surface area contributed by atoms with Gasteiger partial charge in [0.25, 0.3) is 0 Å². The van der Waals surface area contributed by atoms with E-state index in [1.165, 1.54) is 34.8 Å². The molecule has 25 heavy (non-hydrogen) atoms. The quantitative estimate of drug-likeness (QED) is 0.790. The molecule has 4 nitrogen and oxygen atoms in total. The summed E-state index contributed by atoms with van der Waals surface area (Å²) in [6, 6.07) is 5.18. The fourth-order valence-corrected chi connectivity index (χ4v) is 5.19. The van der Waals surface area contributed by atoms with Gasteiger partial charge in [0.05, 0.1) is 17.5 Å². The molecule has 0 spiro atoms. The van der Waals surface area contributed by atoms with E-state index in [4.69, 9.17) is 16.7 Å². The minimum Gasteiger partial charge on any atom is -0.481 e. The Bertz CT molecular complexity index is 811. The minimum absolute atomic E-state index is 0.0464. The third-order valence-electron chi connectivity index (χ3n) is 3.96. The molecule has 2 atom stereocenters. The van der Waals surface area contributed by atoms with Crippen molar-refractivity contribution in [3.05, 3.63) is 56.5 Å². The molecule has 1 aliphatic rings. The summed E-state index contributed by atoms with van der Waals surface area (Å²) in [5.41, 5.74) is 1.36. The van der Waals surface area contributed by atoms with Crippen LogP contribution in [-0.2, 0) is 16.0 Å². The van der Waals surface area contributed by atoms with Gasteiger partial charge in [-0.15, -0.1) is 23.1 Å². The number of rotatable bonds is 5. The highest BCUT2D eigenvalue weighted by Crippen LogP contribution is 2.40. The topological polar surface area (TPSA) is 66.4 Å². The van der Waals surface area contributed by atoms with Crippen LogP contribution in [0, 0.1) is 5.82 Å². The number of thiophene rings is 1. The van der Waals surface area contributed by atoms with Gasteiger partial charge in [0.1, 0.15) is 11.1 Å². The summed E-state index contributed by atoms with van der Waals surface area (Å²) in [6.45, 7) is 0. The van der Waals surface area contributed by atoms with E-state index >= 15 is 0 Å². The second kappa shape index (κ2) is 7.76. The van der Waals surface area contributed by atoms with Gasteiger partial charge < -0.3 is 10.4 Å². The Balaban J connectivity index is 1.82. The average molecular weight is 400 g/mol. The summed E-state index contributed by atoms with van der Waals surface area (Å²) in [7, 11) is 0. The molecule has 2 heterocycles. The molecule has 1 aromatic heterocycles. The molecule has 0 fully saturated rings. The maximum Gasteiger partial charge on any atom is 0.305 e. The van der Waals surface area contributed by atoms with Gasteiger partial charge in [-0.1, -0.05) is 17.7 Å². The zero-order valence-corrected chi connectivity index (χ0v) is 15.4. The molecule has 0 aliphatic carbocycles. The van der Waals surface area contributed by atoms with Crippen molar-refractivity contribution in [3.8, 4) is 0 Å². The fourth-order valence-electron chi connectivity index (χ4n) is 2.77. The van der Waals surface area contributed by atoms with E-state index in [0.29, 0.717) is 5.56 Å². The predicted octanol–water partition coefficient (Wildman–Crippen LogP) is 4.20. The van der Waals surface area contributed by atoms with Gasteiger partial charge in [0.2, 0.25) is 5.91 Å².